The fourth-order valence-corrected chi connectivity index (χ4v) is 5.46. The van der Waals surface area contributed by atoms with Gasteiger partial charge in [-0.2, -0.15) is 5.10 Å². The maximum Gasteiger partial charge on any atom is 0.243 e. The van der Waals surface area contributed by atoms with Crippen molar-refractivity contribution < 1.29 is 17.2 Å². The van der Waals surface area contributed by atoms with Crippen LogP contribution < -0.4 is 4.72 Å². The molecule has 1 aromatic carbocycles. The summed E-state index contributed by atoms with van der Waals surface area (Å²) in [5.41, 5.74) is 1.73. The first-order valence-electron chi connectivity index (χ1n) is 11.4. The highest BCUT2D eigenvalue weighted by atomic mass is 32.2. The number of nitrogens with zero attached hydrogens (tertiary/aromatic N) is 7. The zero-order valence-corrected chi connectivity index (χ0v) is 20.7. The number of sulfonamides is 1. The second kappa shape index (κ2) is 9.04. The van der Waals surface area contributed by atoms with Crippen LogP contribution in [0.25, 0.3) is 17.1 Å². The third-order valence-corrected chi connectivity index (χ3v) is 8.29. The smallest absolute Gasteiger partial charge is 0.243 e. The number of hydrogen-bond donors (Lipinski definition) is 1. The molecule has 4 aromatic rings. The van der Waals surface area contributed by atoms with E-state index < -0.39 is 38.5 Å². The molecule has 0 radical (unpaired) electrons. The zero-order chi connectivity index (χ0) is 25.6. The van der Waals surface area contributed by atoms with Crippen molar-refractivity contribution in [1.82, 2.24) is 34.5 Å². The molecule has 13 heteroatoms. The van der Waals surface area contributed by atoms with Crippen LogP contribution in [-0.2, 0) is 23.0 Å². The van der Waals surface area contributed by atoms with E-state index in [-0.39, 0.29) is 11.8 Å². The molecule has 1 aliphatic rings. The maximum atomic E-state index is 14.9. The molecule has 36 heavy (non-hydrogen) atoms. The summed E-state index contributed by atoms with van der Waals surface area (Å²) in [6.07, 6.45) is 6.34. The Labute approximate surface area is 206 Å². The molecule has 5 rings (SSSR count). The summed E-state index contributed by atoms with van der Waals surface area (Å²) >= 11 is 0. The number of nitrogens with one attached hydrogen (secondary N) is 1. The van der Waals surface area contributed by atoms with Crippen LogP contribution in [0.2, 0.25) is 0 Å². The molecule has 2 unspecified atom stereocenters. The molecule has 0 amide bonds. The minimum absolute atomic E-state index is 0.0856. The van der Waals surface area contributed by atoms with Crippen molar-refractivity contribution in [1.29, 1.82) is 0 Å². The van der Waals surface area contributed by atoms with Gasteiger partial charge in [-0.25, -0.2) is 27.2 Å². The normalized spacial score (nSPS) is 15.0. The van der Waals surface area contributed by atoms with Crippen LogP contribution in [0.15, 0.2) is 36.8 Å². The van der Waals surface area contributed by atoms with Crippen molar-refractivity contribution in [2.45, 2.75) is 51.3 Å². The van der Waals surface area contributed by atoms with Gasteiger partial charge in [-0.3, -0.25) is 14.0 Å². The standard InChI is InChI=1S/C23H24F2N8O2S/c1-13-10-26-21(27-11-13)14(2)15(3)36(34,35)31-23-30-29-22(16-12-28-32-9-5-8-19(16)32)33(23)20-17(24)6-4-7-18(20)25/h4,6-7,10-12,14-15H,5,8-9H2,1-3H3,(H,30,31). The fraction of sp³-hybridized carbons (Fsp3) is 0.348. The first-order chi connectivity index (χ1) is 17.2. The lowest BCUT2D eigenvalue weighted by Gasteiger charge is -2.20. The van der Waals surface area contributed by atoms with E-state index in [2.05, 4.69) is 30.0 Å². The fourth-order valence-electron chi connectivity index (χ4n) is 4.23. The number of halogens is 2. The van der Waals surface area contributed by atoms with E-state index in [0.717, 1.165) is 34.4 Å². The van der Waals surface area contributed by atoms with Crippen LogP contribution in [0.4, 0.5) is 14.7 Å². The highest BCUT2D eigenvalue weighted by Gasteiger charge is 2.33. The van der Waals surface area contributed by atoms with Crippen molar-refractivity contribution in [3.05, 3.63) is 65.5 Å². The largest absolute Gasteiger partial charge is 0.269 e. The molecule has 0 bridgehead atoms. The minimum atomic E-state index is -4.11. The lowest BCUT2D eigenvalue weighted by Crippen LogP contribution is -2.31. The van der Waals surface area contributed by atoms with E-state index in [0.29, 0.717) is 24.4 Å². The molecule has 0 aliphatic carbocycles. The molecule has 2 atom stereocenters. The van der Waals surface area contributed by atoms with Crippen LogP contribution in [0.5, 0.6) is 0 Å². The molecule has 10 nitrogen and oxygen atoms in total. The number of aryl methyl sites for hydroxylation is 2. The summed E-state index contributed by atoms with van der Waals surface area (Å²) in [5.74, 6) is -2.26. The lowest BCUT2D eigenvalue weighted by atomic mass is 10.1. The van der Waals surface area contributed by atoms with Crippen molar-refractivity contribution in [3.8, 4) is 17.1 Å². The Morgan fingerprint density at radius 2 is 1.75 bits per heavy atom. The molecular formula is C23H24F2N8O2S. The summed E-state index contributed by atoms with van der Waals surface area (Å²) in [4.78, 5) is 8.47. The van der Waals surface area contributed by atoms with Gasteiger partial charge >= 0.3 is 0 Å². The molecule has 3 aromatic heterocycles. The second-order valence-corrected chi connectivity index (χ2v) is 10.9. The van der Waals surface area contributed by atoms with Gasteiger partial charge in [0, 0.05) is 30.6 Å². The molecule has 0 saturated heterocycles. The van der Waals surface area contributed by atoms with Crippen LogP contribution >= 0.6 is 0 Å². The van der Waals surface area contributed by atoms with Crippen molar-refractivity contribution in [3.63, 3.8) is 0 Å². The van der Waals surface area contributed by atoms with E-state index in [1.807, 2.05) is 6.92 Å². The molecular weight excluding hydrogens is 490 g/mol. The molecule has 0 fully saturated rings. The van der Waals surface area contributed by atoms with Gasteiger partial charge < -0.3 is 0 Å². The van der Waals surface area contributed by atoms with Gasteiger partial charge in [0.2, 0.25) is 16.0 Å². The van der Waals surface area contributed by atoms with Gasteiger partial charge in [0.15, 0.2) is 5.82 Å². The van der Waals surface area contributed by atoms with Gasteiger partial charge in [0.1, 0.15) is 23.1 Å². The second-order valence-electron chi connectivity index (χ2n) is 8.84. The number of aromatic nitrogens is 7. The van der Waals surface area contributed by atoms with Gasteiger partial charge in [-0.15, -0.1) is 10.2 Å². The highest BCUT2D eigenvalue weighted by Crippen LogP contribution is 2.33. The topological polar surface area (TPSA) is 120 Å². The Morgan fingerprint density at radius 1 is 1.06 bits per heavy atom. The maximum absolute atomic E-state index is 14.9. The zero-order valence-electron chi connectivity index (χ0n) is 19.9. The summed E-state index contributed by atoms with van der Waals surface area (Å²) in [7, 11) is -4.11. The number of fused-ring (bicyclic) bond motifs is 1. The number of para-hydroxylation sites is 1. The average molecular weight is 515 g/mol. The van der Waals surface area contributed by atoms with Gasteiger partial charge in [0.25, 0.3) is 0 Å². The Morgan fingerprint density at radius 3 is 2.44 bits per heavy atom. The molecule has 188 valence electrons. The van der Waals surface area contributed by atoms with Crippen molar-refractivity contribution in [2.24, 2.45) is 0 Å². The lowest BCUT2D eigenvalue weighted by molar-refractivity contribution is 0.564. The Kier molecular flexibility index (Phi) is 6.02. The third-order valence-electron chi connectivity index (χ3n) is 6.43. The van der Waals surface area contributed by atoms with Gasteiger partial charge in [0.05, 0.1) is 17.0 Å². The van der Waals surface area contributed by atoms with E-state index in [1.54, 1.807) is 30.2 Å². The molecule has 0 spiro atoms. The minimum Gasteiger partial charge on any atom is -0.269 e. The van der Waals surface area contributed by atoms with Crippen LogP contribution in [0, 0.1) is 18.6 Å². The SMILES string of the molecule is Cc1cnc(C(C)C(C)S(=O)(=O)Nc2nnc(-c3cnn4c3CCC4)n2-c2c(F)cccc2F)nc1. The Hall–Kier alpha value is -3.74. The predicted molar refractivity (Wildman–Crippen MR) is 128 cm³/mol. The number of hydrogen-bond acceptors (Lipinski definition) is 7. The monoisotopic (exact) mass is 514 g/mol. The van der Waals surface area contributed by atoms with Gasteiger partial charge in [-0.1, -0.05) is 13.0 Å². The van der Waals surface area contributed by atoms with Crippen LogP contribution in [-0.4, -0.2) is 48.2 Å². The highest BCUT2D eigenvalue weighted by molar-refractivity contribution is 7.93. The molecule has 0 saturated carbocycles. The molecule has 4 heterocycles. The number of rotatable bonds is 7. The number of anilines is 1. The molecule has 1 N–H and O–H groups in total. The third kappa shape index (κ3) is 4.12. The average Bonchev–Trinajstić information content (AvgIpc) is 3.55. The van der Waals surface area contributed by atoms with E-state index in [1.165, 1.54) is 13.0 Å². The first-order valence-corrected chi connectivity index (χ1v) is 13.0. The molecule has 1 aliphatic heterocycles. The van der Waals surface area contributed by atoms with E-state index in [4.69, 9.17) is 0 Å². The summed E-state index contributed by atoms with van der Waals surface area (Å²) < 4.78 is 61.8. The summed E-state index contributed by atoms with van der Waals surface area (Å²) in [6.45, 7) is 5.75. The quantitative estimate of drug-likeness (QED) is 0.401. The first kappa shape index (κ1) is 24.0. The van der Waals surface area contributed by atoms with Crippen molar-refractivity contribution in [2.75, 3.05) is 4.72 Å². The van der Waals surface area contributed by atoms with E-state index in [9.17, 15) is 17.2 Å². The van der Waals surface area contributed by atoms with Gasteiger partial charge in [-0.05, 0) is 44.4 Å². The number of benzene rings is 1. The Balaban J connectivity index is 1.58. The summed E-state index contributed by atoms with van der Waals surface area (Å²) in [5, 5.41) is 11.4. The van der Waals surface area contributed by atoms with Crippen LogP contribution in [0.3, 0.4) is 0 Å². The predicted octanol–water partition coefficient (Wildman–Crippen LogP) is 3.39. The van der Waals surface area contributed by atoms with Crippen molar-refractivity contribution >= 4 is 16.0 Å². The van der Waals surface area contributed by atoms with E-state index >= 15 is 0 Å². The Bertz CT molecular complexity index is 1510. The van der Waals surface area contributed by atoms with Crippen LogP contribution in [0.1, 0.15) is 43.3 Å². The summed E-state index contributed by atoms with van der Waals surface area (Å²) in [6, 6.07) is 3.40.